The molecule has 12 heavy (non-hydrogen) atoms. The van der Waals surface area contributed by atoms with Crippen molar-refractivity contribution in [1.29, 1.82) is 0 Å². The minimum absolute atomic E-state index is 0. The Bertz CT molecular complexity index is 62.8. The molecular formula is C10H26AlLi. The Morgan fingerprint density at radius 1 is 0.667 bits per heavy atom. The Morgan fingerprint density at radius 3 is 1.17 bits per heavy atom. The first kappa shape index (κ1) is 18.8. The Morgan fingerprint density at radius 2 is 0.917 bits per heavy atom. The van der Waals surface area contributed by atoms with Gasteiger partial charge in [0.2, 0.25) is 0 Å². The summed E-state index contributed by atoms with van der Waals surface area (Å²) in [6.07, 6.45) is 11.5. The molecule has 0 heterocycles. The van der Waals surface area contributed by atoms with E-state index in [1.165, 1.54) is 51.4 Å². The van der Waals surface area contributed by atoms with E-state index >= 15 is 0 Å². The van der Waals surface area contributed by atoms with Crippen LogP contribution in [0.5, 0.6) is 0 Å². The molecule has 0 N–H and O–H groups in total. The van der Waals surface area contributed by atoms with E-state index in [4.69, 9.17) is 0 Å². The quantitative estimate of drug-likeness (QED) is 0.408. The van der Waals surface area contributed by atoms with Crippen LogP contribution in [0, 0.1) is 0 Å². The van der Waals surface area contributed by atoms with Crippen LogP contribution < -0.4 is 18.9 Å². The molecule has 0 atom stereocenters. The minimum atomic E-state index is 0. The van der Waals surface area contributed by atoms with Gasteiger partial charge in [0.25, 0.3) is 0 Å². The van der Waals surface area contributed by atoms with Crippen molar-refractivity contribution < 1.29 is 24.6 Å². The molecule has 0 aliphatic rings. The van der Waals surface area contributed by atoms with Gasteiger partial charge in [-0.1, -0.05) is 65.2 Å². The Kier molecular flexibility index (Phi) is 28.3. The summed E-state index contributed by atoms with van der Waals surface area (Å²) in [6.45, 7) is 4.54. The van der Waals surface area contributed by atoms with Gasteiger partial charge in [0.1, 0.15) is 0 Å². The summed E-state index contributed by atoms with van der Waals surface area (Å²) < 4.78 is 0. The largest absolute Gasteiger partial charge is 3.00 e. The first-order valence-electron chi connectivity index (χ1n) is 4.91. The molecule has 0 bridgehead atoms. The molecule has 0 radical (unpaired) electrons. The zero-order chi connectivity index (χ0) is 7.66. The van der Waals surface area contributed by atoms with Gasteiger partial charge in [-0.2, -0.15) is 0 Å². The molecule has 0 spiro atoms. The fourth-order valence-corrected chi connectivity index (χ4v) is 1.21. The van der Waals surface area contributed by atoms with Crippen LogP contribution in [-0.4, -0.2) is 17.4 Å². The van der Waals surface area contributed by atoms with E-state index in [0.717, 1.165) is 0 Å². The van der Waals surface area contributed by atoms with Gasteiger partial charge in [-0.25, -0.2) is 0 Å². The average Bonchev–Trinajstić information content (AvgIpc) is 1.97. The number of unbranched alkanes of at least 4 members (excludes halogenated alkanes) is 7. The van der Waals surface area contributed by atoms with Gasteiger partial charge in [-0.3, -0.25) is 0 Å². The van der Waals surface area contributed by atoms with Crippen molar-refractivity contribution in [1.82, 2.24) is 0 Å². The summed E-state index contributed by atoms with van der Waals surface area (Å²) in [4.78, 5) is 0. The van der Waals surface area contributed by atoms with Crippen LogP contribution in [0.25, 0.3) is 0 Å². The molecule has 0 saturated carbocycles. The predicted octanol–water partition coefficient (Wildman–Crippen LogP) is 1.22. The molecule has 0 aliphatic carbocycles. The topological polar surface area (TPSA) is 0 Å². The predicted molar refractivity (Wildman–Crippen MR) is 58.5 cm³/mol. The van der Waals surface area contributed by atoms with Crippen molar-refractivity contribution in [2.24, 2.45) is 0 Å². The molecule has 0 aromatic rings. The summed E-state index contributed by atoms with van der Waals surface area (Å²) in [5, 5.41) is 0. The molecular weight excluding hydrogens is 154 g/mol. The van der Waals surface area contributed by atoms with Crippen molar-refractivity contribution >= 4 is 17.4 Å². The van der Waals surface area contributed by atoms with Crippen molar-refractivity contribution in [3.05, 3.63) is 0 Å². The zero-order valence-electron chi connectivity index (χ0n) is 13.2. The molecule has 0 fully saturated rings. The smallest absolute Gasteiger partial charge is 1.00 e. The van der Waals surface area contributed by atoms with Crippen LogP contribution in [0.3, 0.4) is 0 Å². The van der Waals surface area contributed by atoms with Gasteiger partial charge in [-0.15, -0.1) is 0 Å². The number of hydrogen-bond donors (Lipinski definition) is 0. The normalized spacial score (nSPS) is 8.50. The van der Waals surface area contributed by atoms with Crippen molar-refractivity contribution in [3.63, 3.8) is 0 Å². The molecule has 0 saturated heterocycles. The summed E-state index contributed by atoms with van der Waals surface area (Å²) >= 11 is 0. The SMILES string of the molecule is CCCCCCCCCC.[Al+3].[H-].[H-].[H-].[H-].[Li+]. The van der Waals surface area contributed by atoms with E-state index < -0.39 is 0 Å². The van der Waals surface area contributed by atoms with Crippen molar-refractivity contribution in [2.75, 3.05) is 0 Å². The molecule has 2 heteroatoms. The maximum Gasteiger partial charge on any atom is 3.00 e. The van der Waals surface area contributed by atoms with Crippen molar-refractivity contribution in [2.45, 2.75) is 65.2 Å². The second-order valence-corrected chi connectivity index (χ2v) is 3.12. The first-order chi connectivity index (χ1) is 4.91. The van der Waals surface area contributed by atoms with Gasteiger partial charge < -0.3 is 5.71 Å². The first-order valence-corrected chi connectivity index (χ1v) is 4.91. The summed E-state index contributed by atoms with van der Waals surface area (Å²) in [6, 6.07) is 0. The third-order valence-corrected chi connectivity index (χ3v) is 1.96. The maximum absolute atomic E-state index is 2.27. The van der Waals surface area contributed by atoms with Crippen molar-refractivity contribution in [3.8, 4) is 0 Å². The van der Waals surface area contributed by atoms with Gasteiger partial charge in [0.05, 0.1) is 0 Å². The minimum Gasteiger partial charge on any atom is -1.00 e. The number of hydrogen-bond acceptors (Lipinski definition) is 0. The molecule has 0 rings (SSSR count). The van der Waals surface area contributed by atoms with E-state index in [9.17, 15) is 0 Å². The fraction of sp³-hybridized carbons (Fsp3) is 1.00. The van der Waals surface area contributed by atoms with Crippen LogP contribution >= 0.6 is 0 Å². The summed E-state index contributed by atoms with van der Waals surface area (Å²) in [5.74, 6) is 0. The average molecular weight is 180 g/mol. The molecule has 0 aromatic carbocycles. The molecule has 0 unspecified atom stereocenters. The Balaban J connectivity index is -0.0000000270. The van der Waals surface area contributed by atoms with Gasteiger partial charge in [0.15, 0.2) is 0 Å². The molecule has 0 aromatic heterocycles. The Hall–Kier alpha value is 1.13. The van der Waals surface area contributed by atoms with E-state index in [0.29, 0.717) is 0 Å². The van der Waals surface area contributed by atoms with Crippen LogP contribution in [0.15, 0.2) is 0 Å². The molecule has 0 nitrogen and oxygen atoms in total. The molecule has 0 amide bonds. The summed E-state index contributed by atoms with van der Waals surface area (Å²) in [7, 11) is 0. The van der Waals surface area contributed by atoms with E-state index in [1.807, 2.05) is 0 Å². The van der Waals surface area contributed by atoms with Gasteiger partial charge >= 0.3 is 36.2 Å². The standard InChI is InChI=1S/C10H22.Al.Li.4H/c1-3-5-7-9-10-8-6-4-2;;;;;;/h3-10H2,1-2H3;;;;;;/q;+3;+1;4*-1. The van der Waals surface area contributed by atoms with E-state index in [1.54, 1.807) is 0 Å². The second kappa shape index (κ2) is 18.0. The Labute approximate surface area is 107 Å². The summed E-state index contributed by atoms with van der Waals surface area (Å²) in [5.41, 5.74) is 0. The van der Waals surface area contributed by atoms with Crippen LogP contribution in [0.2, 0.25) is 0 Å². The fourth-order valence-electron chi connectivity index (χ4n) is 1.21. The van der Waals surface area contributed by atoms with Crippen LogP contribution in [-0.2, 0) is 0 Å². The third-order valence-electron chi connectivity index (χ3n) is 1.96. The van der Waals surface area contributed by atoms with Crippen LogP contribution in [0.4, 0.5) is 0 Å². The van der Waals surface area contributed by atoms with E-state index in [-0.39, 0.29) is 41.9 Å². The van der Waals surface area contributed by atoms with Gasteiger partial charge in [-0.05, 0) is 0 Å². The number of rotatable bonds is 7. The monoisotopic (exact) mass is 180 g/mol. The zero-order valence-corrected chi connectivity index (χ0v) is 10.4. The third kappa shape index (κ3) is 17.3. The van der Waals surface area contributed by atoms with Gasteiger partial charge in [0, 0.05) is 0 Å². The van der Waals surface area contributed by atoms with E-state index in [2.05, 4.69) is 13.8 Å². The molecule has 70 valence electrons. The second-order valence-electron chi connectivity index (χ2n) is 3.12. The maximum atomic E-state index is 2.27. The molecule has 0 aliphatic heterocycles. The van der Waals surface area contributed by atoms with Crippen LogP contribution in [0.1, 0.15) is 70.9 Å².